The summed E-state index contributed by atoms with van der Waals surface area (Å²) in [4.78, 5) is 17.4. The molecular weight excluding hydrogens is 434 g/mol. The number of anilines is 2. The van der Waals surface area contributed by atoms with E-state index in [9.17, 15) is 26.9 Å². The number of aryl methyl sites for hydroxylation is 1. The van der Waals surface area contributed by atoms with Crippen LogP contribution in [0.1, 0.15) is 5.56 Å². The first-order valence-corrected chi connectivity index (χ1v) is 11.2. The lowest BCUT2D eigenvalue weighted by Gasteiger charge is -2.11. The van der Waals surface area contributed by atoms with Gasteiger partial charge in [-0.05, 0) is 42.8 Å². The molecule has 2 N–H and O–H groups in total. The first-order chi connectivity index (χ1) is 14.1. The number of nitrogens with one attached hydrogen (secondary N) is 2. The minimum atomic E-state index is -4.14. The minimum Gasteiger partial charge on any atom is -0.280 e. The smallest absolute Gasteiger partial charge is 0.270 e. The number of hydrogen-bond acceptors (Lipinski definition) is 8. The fraction of sp³-hybridized carbons (Fsp3) is 0.0588. The van der Waals surface area contributed by atoms with Gasteiger partial charge in [0.2, 0.25) is 5.95 Å². The molecule has 0 aliphatic heterocycles. The second-order valence-electron chi connectivity index (χ2n) is 6.01. The number of benzene rings is 2. The molecule has 0 aliphatic carbocycles. The molecule has 0 radical (unpaired) electrons. The van der Waals surface area contributed by atoms with Gasteiger partial charge in [0.05, 0.1) is 14.7 Å². The SMILES string of the molecule is Cc1ccc([N+](=O)[O-])cc1S(=O)(=O)Nc1ccc(S(=O)(=O)Nc2ncccn2)cc1. The summed E-state index contributed by atoms with van der Waals surface area (Å²) in [5, 5.41) is 10.9. The largest absolute Gasteiger partial charge is 0.280 e. The Labute approximate surface area is 172 Å². The van der Waals surface area contributed by atoms with E-state index in [1.807, 2.05) is 0 Å². The van der Waals surface area contributed by atoms with Gasteiger partial charge in [0.1, 0.15) is 0 Å². The van der Waals surface area contributed by atoms with Gasteiger partial charge in [-0.2, -0.15) is 0 Å². The van der Waals surface area contributed by atoms with Gasteiger partial charge in [-0.15, -0.1) is 0 Å². The Morgan fingerprint density at radius 1 is 0.900 bits per heavy atom. The summed E-state index contributed by atoms with van der Waals surface area (Å²) < 4.78 is 54.5. The summed E-state index contributed by atoms with van der Waals surface area (Å²) >= 11 is 0. The lowest BCUT2D eigenvalue weighted by Crippen LogP contribution is -2.16. The van der Waals surface area contributed by atoms with Crippen molar-refractivity contribution in [2.24, 2.45) is 0 Å². The van der Waals surface area contributed by atoms with E-state index in [1.165, 1.54) is 61.8 Å². The highest BCUT2D eigenvalue weighted by Crippen LogP contribution is 2.25. The lowest BCUT2D eigenvalue weighted by molar-refractivity contribution is -0.385. The molecule has 0 unspecified atom stereocenters. The van der Waals surface area contributed by atoms with Crippen molar-refractivity contribution in [1.29, 1.82) is 0 Å². The first-order valence-electron chi connectivity index (χ1n) is 8.26. The van der Waals surface area contributed by atoms with Crippen LogP contribution < -0.4 is 9.44 Å². The van der Waals surface area contributed by atoms with Crippen LogP contribution in [-0.4, -0.2) is 31.7 Å². The molecule has 1 heterocycles. The van der Waals surface area contributed by atoms with Gasteiger partial charge < -0.3 is 0 Å². The Hall–Kier alpha value is -3.58. The van der Waals surface area contributed by atoms with E-state index in [2.05, 4.69) is 19.4 Å². The fourth-order valence-corrected chi connectivity index (χ4v) is 4.72. The third-order valence-corrected chi connectivity index (χ3v) is 6.75. The molecule has 0 spiro atoms. The van der Waals surface area contributed by atoms with Crippen LogP contribution in [0.4, 0.5) is 17.3 Å². The monoisotopic (exact) mass is 449 g/mol. The molecule has 3 aromatic rings. The van der Waals surface area contributed by atoms with Gasteiger partial charge >= 0.3 is 0 Å². The highest BCUT2D eigenvalue weighted by molar-refractivity contribution is 7.93. The third kappa shape index (κ3) is 4.69. The fourth-order valence-electron chi connectivity index (χ4n) is 2.44. The molecule has 0 fully saturated rings. The van der Waals surface area contributed by atoms with Crippen molar-refractivity contribution in [3.05, 3.63) is 76.6 Å². The zero-order chi connectivity index (χ0) is 21.9. The molecule has 0 atom stereocenters. The van der Waals surface area contributed by atoms with E-state index in [1.54, 1.807) is 0 Å². The van der Waals surface area contributed by atoms with Gasteiger partial charge in [-0.1, -0.05) is 6.07 Å². The van der Waals surface area contributed by atoms with E-state index in [0.29, 0.717) is 5.56 Å². The van der Waals surface area contributed by atoms with Crippen molar-refractivity contribution in [2.45, 2.75) is 16.7 Å². The maximum absolute atomic E-state index is 12.6. The summed E-state index contributed by atoms with van der Waals surface area (Å²) in [6.45, 7) is 1.51. The molecule has 13 heteroatoms. The van der Waals surface area contributed by atoms with Crippen molar-refractivity contribution >= 4 is 37.4 Å². The third-order valence-electron chi connectivity index (χ3n) is 3.88. The van der Waals surface area contributed by atoms with E-state index >= 15 is 0 Å². The lowest BCUT2D eigenvalue weighted by atomic mass is 10.2. The summed E-state index contributed by atoms with van der Waals surface area (Å²) in [5.74, 6) is -0.108. The van der Waals surface area contributed by atoms with E-state index in [4.69, 9.17) is 0 Å². The van der Waals surface area contributed by atoms with E-state index < -0.39 is 25.0 Å². The Morgan fingerprint density at radius 2 is 1.53 bits per heavy atom. The second-order valence-corrected chi connectivity index (χ2v) is 9.35. The number of rotatable bonds is 7. The maximum Gasteiger partial charge on any atom is 0.270 e. The minimum absolute atomic E-state index is 0.0795. The molecule has 2 aromatic carbocycles. The highest BCUT2D eigenvalue weighted by atomic mass is 32.2. The predicted octanol–water partition coefficient (Wildman–Crippen LogP) is 2.29. The molecule has 30 heavy (non-hydrogen) atoms. The topological polar surface area (TPSA) is 161 Å². The molecule has 11 nitrogen and oxygen atoms in total. The van der Waals surface area contributed by atoms with Gasteiger partial charge in [0.25, 0.3) is 25.7 Å². The van der Waals surface area contributed by atoms with Crippen LogP contribution in [0, 0.1) is 17.0 Å². The second kappa shape index (κ2) is 8.04. The molecular formula is C17H15N5O6S2. The average Bonchev–Trinajstić information content (AvgIpc) is 2.68. The number of aromatic nitrogens is 2. The van der Waals surface area contributed by atoms with Crippen molar-refractivity contribution < 1.29 is 21.8 Å². The molecule has 3 rings (SSSR count). The average molecular weight is 449 g/mol. The van der Waals surface area contributed by atoms with E-state index in [-0.39, 0.29) is 27.1 Å². The summed E-state index contributed by atoms with van der Waals surface area (Å²) in [6.07, 6.45) is 2.75. The Balaban J connectivity index is 1.83. The molecule has 0 bridgehead atoms. The van der Waals surface area contributed by atoms with Crippen LogP contribution in [0.25, 0.3) is 0 Å². The van der Waals surface area contributed by atoms with Gasteiger partial charge in [0, 0.05) is 30.2 Å². The van der Waals surface area contributed by atoms with Crippen molar-refractivity contribution in [3.8, 4) is 0 Å². The number of non-ortho nitro benzene ring substituents is 1. The normalized spacial score (nSPS) is 11.6. The zero-order valence-corrected chi connectivity index (χ0v) is 17.0. The molecule has 0 saturated carbocycles. The number of nitro groups is 1. The van der Waals surface area contributed by atoms with Crippen molar-refractivity contribution in [1.82, 2.24) is 9.97 Å². The Bertz CT molecular complexity index is 1290. The number of hydrogen-bond donors (Lipinski definition) is 2. The quantitative estimate of drug-likeness (QED) is 0.410. The van der Waals surface area contributed by atoms with Crippen LogP contribution in [0.2, 0.25) is 0 Å². The number of nitro benzene ring substituents is 1. The standard InChI is InChI=1S/C17H15N5O6S2/c1-12-3-6-14(22(23)24)11-16(12)30(27,28)20-13-4-7-15(8-5-13)29(25,26)21-17-18-9-2-10-19-17/h2-11,20H,1H3,(H,18,19,21). The van der Waals surface area contributed by atoms with Gasteiger partial charge in [0.15, 0.2) is 0 Å². The van der Waals surface area contributed by atoms with Crippen LogP contribution in [0.5, 0.6) is 0 Å². The van der Waals surface area contributed by atoms with Crippen molar-refractivity contribution in [3.63, 3.8) is 0 Å². The summed E-state index contributed by atoms with van der Waals surface area (Å²) in [7, 11) is -8.11. The van der Waals surface area contributed by atoms with Gasteiger partial charge in [-0.25, -0.2) is 31.5 Å². The maximum atomic E-state index is 12.6. The van der Waals surface area contributed by atoms with Gasteiger partial charge in [-0.3, -0.25) is 14.8 Å². The zero-order valence-electron chi connectivity index (χ0n) is 15.4. The number of nitrogens with zero attached hydrogens (tertiary/aromatic N) is 3. The highest BCUT2D eigenvalue weighted by Gasteiger charge is 2.21. The van der Waals surface area contributed by atoms with Crippen molar-refractivity contribution in [2.75, 3.05) is 9.44 Å². The number of sulfonamides is 2. The van der Waals surface area contributed by atoms with Crippen LogP contribution in [0.15, 0.2) is 70.7 Å². The van der Waals surface area contributed by atoms with E-state index in [0.717, 1.165) is 6.07 Å². The molecule has 0 aliphatic rings. The molecule has 156 valence electrons. The first kappa shape index (κ1) is 21.1. The molecule has 0 saturated heterocycles. The van der Waals surface area contributed by atoms with Crippen LogP contribution >= 0.6 is 0 Å². The Morgan fingerprint density at radius 3 is 2.13 bits per heavy atom. The van der Waals surface area contributed by atoms with Crippen LogP contribution in [-0.2, 0) is 20.0 Å². The Kier molecular flexibility index (Phi) is 5.67. The molecule has 0 amide bonds. The van der Waals surface area contributed by atoms with Crippen LogP contribution in [0.3, 0.4) is 0 Å². The predicted molar refractivity (Wildman–Crippen MR) is 108 cm³/mol. The molecule has 1 aromatic heterocycles. The summed E-state index contributed by atoms with van der Waals surface area (Å²) in [6, 6.07) is 9.93. The summed E-state index contributed by atoms with van der Waals surface area (Å²) in [5.41, 5.74) is 0.0341.